The van der Waals surface area contributed by atoms with Crippen LogP contribution in [0.4, 0.5) is 0 Å². The number of carbonyl (C=O) groups is 1. The second kappa shape index (κ2) is 8.07. The maximum atomic E-state index is 12.1. The molecule has 0 saturated carbocycles. The molecule has 2 nitrogen and oxygen atoms in total. The second-order valence-electron chi connectivity index (χ2n) is 7.91. The van der Waals surface area contributed by atoms with Gasteiger partial charge in [-0.15, -0.1) is 0 Å². The number of benzene rings is 1. The zero-order valence-corrected chi connectivity index (χ0v) is 17.2. The molecule has 0 saturated heterocycles. The fourth-order valence-corrected chi connectivity index (χ4v) is 4.11. The van der Waals surface area contributed by atoms with Crippen molar-refractivity contribution in [1.82, 2.24) is 0 Å². The molecule has 2 heteroatoms. The molecule has 0 atom stereocenters. The number of esters is 1. The van der Waals surface area contributed by atoms with Gasteiger partial charge in [0.2, 0.25) is 0 Å². The van der Waals surface area contributed by atoms with E-state index in [1.807, 2.05) is 25.1 Å². The number of ether oxygens (including phenoxy) is 1. The number of rotatable bonds is 5. The number of hydrogen-bond acceptors (Lipinski definition) is 2. The van der Waals surface area contributed by atoms with E-state index in [0.29, 0.717) is 12.2 Å². The molecule has 0 fully saturated rings. The average molecular weight is 353 g/mol. The lowest BCUT2D eigenvalue weighted by atomic mass is 9.67. The third-order valence-electron chi connectivity index (χ3n) is 5.41. The minimum atomic E-state index is -0.262. The average Bonchev–Trinajstić information content (AvgIpc) is 2.58. The van der Waals surface area contributed by atoms with Crippen molar-refractivity contribution < 1.29 is 9.53 Å². The van der Waals surface area contributed by atoms with Gasteiger partial charge < -0.3 is 4.74 Å². The van der Waals surface area contributed by atoms with Crippen molar-refractivity contribution in [3.8, 4) is 0 Å². The molecule has 26 heavy (non-hydrogen) atoms. The standard InChI is InChI=1S/C24H32O2/c1-8-16(3)21(22-17(4)11-10-14-24(22,6)7)20-13-12-19(15-18(20)5)23(25)26-9-2/h8,12-13,15H,1,9-11,14H2,2-7H3. The van der Waals surface area contributed by atoms with Crippen LogP contribution in [0, 0.1) is 12.3 Å². The topological polar surface area (TPSA) is 26.3 Å². The molecular formula is C24H32O2. The van der Waals surface area contributed by atoms with Gasteiger partial charge in [0.1, 0.15) is 0 Å². The van der Waals surface area contributed by atoms with E-state index in [-0.39, 0.29) is 11.4 Å². The van der Waals surface area contributed by atoms with Gasteiger partial charge in [0, 0.05) is 0 Å². The van der Waals surface area contributed by atoms with Crippen molar-refractivity contribution >= 4 is 11.5 Å². The van der Waals surface area contributed by atoms with Crippen LogP contribution in [0.25, 0.3) is 5.57 Å². The van der Waals surface area contributed by atoms with Crippen LogP contribution in [0.2, 0.25) is 0 Å². The van der Waals surface area contributed by atoms with Crippen molar-refractivity contribution in [2.45, 2.75) is 60.8 Å². The van der Waals surface area contributed by atoms with E-state index in [1.165, 1.54) is 40.7 Å². The van der Waals surface area contributed by atoms with Crippen molar-refractivity contribution in [3.05, 3.63) is 64.3 Å². The third-order valence-corrected chi connectivity index (χ3v) is 5.41. The van der Waals surface area contributed by atoms with Crippen LogP contribution in [0.1, 0.15) is 75.4 Å². The van der Waals surface area contributed by atoms with E-state index < -0.39 is 0 Å². The molecule has 1 aliphatic carbocycles. The minimum absolute atomic E-state index is 0.133. The Morgan fingerprint density at radius 1 is 1.31 bits per heavy atom. The number of hydrogen-bond donors (Lipinski definition) is 0. The monoisotopic (exact) mass is 352 g/mol. The Labute approximate surface area is 158 Å². The number of carbonyl (C=O) groups excluding carboxylic acids is 1. The molecule has 1 aromatic carbocycles. The first-order valence-corrected chi connectivity index (χ1v) is 9.55. The Morgan fingerprint density at radius 3 is 2.54 bits per heavy atom. The molecule has 0 spiro atoms. The van der Waals surface area contributed by atoms with E-state index in [1.54, 1.807) is 0 Å². The summed E-state index contributed by atoms with van der Waals surface area (Å²) in [5, 5.41) is 0. The van der Waals surface area contributed by atoms with Gasteiger partial charge in [-0.1, -0.05) is 38.1 Å². The van der Waals surface area contributed by atoms with Crippen LogP contribution in [-0.4, -0.2) is 12.6 Å². The molecule has 0 aliphatic heterocycles. The molecule has 0 bridgehead atoms. The molecule has 140 valence electrons. The highest BCUT2D eigenvalue weighted by atomic mass is 16.5. The molecule has 0 unspecified atom stereocenters. The Kier molecular flexibility index (Phi) is 6.28. The van der Waals surface area contributed by atoms with Gasteiger partial charge in [0.05, 0.1) is 12.2 Å². The maximum Gasteiger partial charge on any atom is 0.338 e. The van der Waals surface area contributed by atoms with Crippen molar-refractivity contribution in [2.24, 2.45) is 5.41 Å². The van der Waals surface area contributed by atoms with E-state index in [0.717, 1.165) is 12.0 Å². The summed E-state index contributed by atoms with van der Waals surface area (Å²) in [6, 6.07) is 5.88. The molecule has 0 amide bonds. The van der Waals surface area contributed by atoms with Crippen LogP contribution in [-0.2, 0) is 4.74 Å². The summed E-state index contributed by atoms with van der Waals surface area (Å²) in [6.45, 7) is 17.4. The van der Waals surface area contributed by atoms with Crippen molar-refractivity contribution in [3.63, 3.8) is 0 Å². The molecule has 1 aliphatic rings. The summed E-state index contributed by atoms with van der Waals surface area (Å²) in [7, 11) is 0. The highest BCUT2D eigenvalue weighted by Gasteiger charge is 2.32. The van der Waals surface area contributed by atoms with Gasteiger partial charge in [0.25, 0.3) is 0 Å². The number of allylic oxidation sites excluding steroid dienone is 5. The summed E-state index contributed by atoms with van der Waals surface area (Å²) < 4.78 is 5.14. The smallest absolute Gasteiger partial charge is 0.338 e. The van der Waals surface area contributed by atoms with Gasteiger partial charge in [-0.25, -0.2) is 4.79 Å². The fourth-order valence-electron chi connectivity index (χ4n) is 4.11. The quantitative estimate of drug-likeness (QED) is 0.437. The zero-order valence-electron chi connectivity index (χ0n) is 17.2. The number of aryl methyl sites for hydroxylation is 1. The third kappa shape index (κ3) is 4.00. The molecule has 0 radical (unpaired) electrons. The largest absolute Gasteiger partial charge is 0.462 e. The molecular weight excluding hydrogens is 320 g/mol. The van der Waals surface area contributed by atoms with Crippen LogP contribution < -0.4 is 0 Å². The Hall–Kier alpha value is -2.09. The summed E-state index contributed by atoms with van der Waals surface area (Å²) in [4.78, 5) is 12.1. The van der Waals surface area contributed by atoms with Crippen LogP contribution in [0.5, 0.6) is 0 Å². The Bertz CT molecular complexity index is 775. The summed E-state index contributed by atoms with van der Waals surface area (Å²) in [5.74, 6) is -0.262. The highest BCUT2D eigenvalue weighted by Crippen LogP contribution is 2.48. The van der Waals surface area contributed by atoms with Gasteiger partial charge >= 0.3 is 5.97 Å². The van der Waals surface area contributed by atoms with E-state index in [9.17, 15) is 4.79 Å². The normalized spacial score (nSPS) is 17.6. The summed E-state index contributed by atoms with van der Waals surface area (Å²) in [5.41, 5.74) is 8.37. The molecule has 0 heterocycles. The Morgan fingerprint density at radius 2 is 2.00 bits per heavy atom. The zero-order chi connectivity index (χ0) is 19.5. The van der Waals surface area contributed by atoms with E-state index >= 15 is 0 Å². The SMILES string of the molecule is C=CC(C)=C(C1=C(C)CCCC1(C)C)c1ccc(C(=O)OCC)cc1C. The molecule has 1 aromatic rings. The van der Waals surface area contributed by atoms with Crippen molar-refractivity contribution in [2.75, 3.05) is 6.61 Å². The first kappa shape index (κ1) is 20.2. The molecule has 0 aromatic heterocycles. The van der Waals surface area contributed by atoms with Gasteiger partial charge in [-0.3, -0.25) is 0 Å². The van der Waals surface area contributed by atoms with Gasteiger partial charge in [-0.05, 0) is 92.4 Å². The predicted octanol–water partition coefficient (Wildman–Crippen LogP) is 6.66. The fraction of sp³-hybridized carbons (Fsp3) is 0.458. The van der Waals surface area contributed by atoms with Crippen molar-refractivity contribution in [1.29, 1.82) is 0 Å². The van der Waals surface area contributed by atoms with E-state index in [2.05, 4.69) is 47.3 Å². The second-order valence-corrected chi connectivity index (χ2v) is 7.91. The lowest BCUT2D eigenvalue weighted by Gasteiger charge is -2.37. The van der Waals surface area contributed by atoms with Crippen LogP contribution in [0.3, 0.4) is 0 Å². The Balaban J connectivity index is 2.64. The summed E-state index contributed by atoms with van der Waals surface area (Å²) in [6.07, 6.45) is 5.52. The lowest BCUT2D eigenvalue weighted by Crippen LogP contribution is -2.22. The van der Waals surface area contributed by atoms with E-state index in [4.69, 9.17) is 4.74 Å². The molecule has 2 rings (SSSR count). The lowest BCUT2D eigenvalue weighted by molar-refractivity contribution is 0.0526. The first-order chi connectivity index (χ1) is 12.2. The summed E-state index contributed by atoms with van der Waals surface area (Å²) >= 11 is 0. The minimum Gasteiger partial charge on any atom is -0.462 e. The first-order valence-electron chi connectivity index (χ1n) is 9.55. The van der Waals surface area contributed by atoms with Crippen LogP contribution in [0.15, 0.2) is 47.6 Å². The predicted molar refractivity (Wildman–Crippen MR) is 110 cm³/mol. The molecule has 0 N–H and O–H groups in total. The van der Waals surface area contributed by atoms with Crippen LogP contribution >= 0.6 is 0 Å². The van der Waals surface area contributed by atoms with Gasteiger partial charge in [0.15, 0.2) is 0 Å². The highest BCUT2D eigenvalue weighted by molar-refractivity contribution is 5.92. The maximum absolute atomic E-state index is 12.1. The van der Waals surface area contributed by atoms with Gasteiger partial charge in [-0.2, -0.15) is 0 Å².